The first-order chi connectivity index (χ1) is 7.60. The van der Waals surface area contributed by atoms with Crippen molar-refractivity contribution < 1.29 is 4.39 Å². The van der Waals surface area contributed by atoms with Crippen LogP contribution in [-0.4, -0.2) is 7.05 Å². The molecule has 3 heteroatoms. The Balaban J connectivity index is 2.90. The van der Waals surface area contributed by atoms with E-state index in [2.05, 4.69) is 19.2 Å². The van der Waals surface area contributed by atoms with E-state index < -0.39 is 0 Å². The largest absolute Gasteiger partial charge is 0.313 e. The lowest BCUT2D eigenvalue weighted by molar-refractivity contribution is 0.421. The number of nitrogens with one attached hydrogen (secondary N) is 1. The molecule has 2 unspecified atom stereocenters. The fraction of sp³-hybridized carbons (Fsp3) is 0.538. The SMILES string of the molecule is CCC(C)CC(NC)c1cccc(F)c1Cl. The van der Waals surface area contributed by atoms with Crippen molar-refractivity contribution in [3.05, 3.63) is 34.6 Å². The molecular formula is C13H19ClFN. The average molecular weight is 244 g/mol. The summed E-state index contributed by atoms with van der Waals surface area (Å²) < 4.78 is 13.3. The van der Waals surface area contributed by atoms with E-state index in [9.17, 15) is 4.39 Å². The van der Waals surface area contributed by atoms with Gasteiger partial charge in [0.05, 0.1) is 5.02 Å². The molecule has 0 amide bonds. The molecule has 0 saturated carbocycles. The molecule has 16 heavy (non-hydrogen) atoms. The minimum Gasteiger partial charge on any atom is -0.313 e. The molecule has 0 fully saturated rings. The van der Waals surface area contributed by atoms with Gasteiger partial charge in [-0.05, 0) is 31.0 Å². The fourth-order valence-corrected chi connectivity index (χ4v) is 2.02. The monoisotopic (exact) mass is 243 g/mol. The van der Waals surface area contributed by atoms with Crippen molar-refractivity contribution in [2.45, 2.75) is 32.7 Å². The van der Waals surface area contributed by atoms with Gasteiger partial charge in [-0.2, -0.15) is 0 Å². The first kappa shape index (κ1) is 13.5. The second-order valence-electron chi connectivity index (χ2n) is 4.23. The summed E-state index contributed by atoms with van der Waals surface area (Å²) in [5, 5.41) is 3.44. The van der Waals surface area contributed by atoms with Gasteiger partial charge in [0.1, 0.15) is 5.82 Å². The summed E-state index contributed by atoms with van der Waals surface area (Å²) in [6.07, 6.45) is 2.08. The van der Waals surface area contributed by atoms with Crippen LogP contribution >= 0.6 is 11.6 Å². The Morgan fingerprint density at radius 2 is 2.12 bits per heavy atom. The molecule has 0 aliphatic heterocycles. The molecule has 1 rings (SSSR count). The summed E-state index contributed by atoms with van der Waals surface area (Å²) in [7, 11) is 1.88. The van der Waals surface area contributed by atoms with Crippen molar-refractivity contribution in [1.82, 2.24) is 5.32 Å². The Labute approximate surface area is 102 Å². The van der Waals surface area contributed by atoms with E-state index in [4.69, 9.17) is 11.6 Å². The average Bonchev–Trinajstić information content (AvgIpc) is 2.29. The zero-order chi connectivity index (χ0) is 12.1. The highest BCUT2D eigenvalue weighted by molar-refractivity contribution is 6.31. The summed E-state index contributed by atoms with van der Waals surface area (Å²) in [5.74, 6) is 0.250. The maximum atomic E-state index is 13.3. The summed E-state index contributed by atoms with van der Waals surface area (Å²) in [5.41, 5.74) is 0.851. The molecule has 2 atom stereocenters. The van der Waals surface area contributed by atoms with Crippen LogP contribution < -0.4 is 5.32 Å². The second kappa shape index (κ2) is 6.21. The molecule has 0 aliphatic rings. The van der Waals surface area contributed by atoms with Crippen molar-refractivity contribution >= 4 is 11.6 Å². The number of benzene rings is 1. The number of hydrogen-bond donors (Lipinski definition) is 1. The zero-order valence-electron chi connectivity index (χ0n) is 10.1. The van der Waals surface area contributed by atoms with Crippen LogP contribution in [0, 0.1) is 11.7 Å². The van der Waals surface area contributed by atoms with E-state index in [0.29, 0.717) is 5.92 Å². The normalized spacial score (nSPS) is 14.8. The van der Waals surface area contributed by atoms with Gasteiger partial charge >= 0.3 is 0 Å². The molecule has 0 radical (unpaired) electrons. The van der Waals surface area contributed by atoms with Crippen LogP contribution in [0.5, 0.6) is 0 Å². The van der Waals surface area contributed by atoms with E-state index in [1.54, 1.807) is 6.07 Å². The molecule has 90 valence electrons. The molecule has 0 aliphatic carbocycles. The standard InChI is InChI=1S/C13H19ClFN/c1-4-9(2)8-12(16-3)10-6-5-7-11(15)13(10)14/h5-7,9,12,16H,4,8H2,1-3H3. The molecule has 0 heterocycles. The smallest absolute Gasteiger partial charge is 0.142 e. The highest BCUT2D eigenvalue weighted by Crippen LogP contribution is 2.29. The lowest BCUT2D eigenvalue weighted by atomic mass is 9.94. The maximum Gasteiger partial charge on any atom is 0.142 e. The zero-order valence-corrected chi connectivity index (χ0v) is 10.8. The number of rotatable bonds is 5. The Bertz CT molecular complexity index is 341. The van der Waals surface area contributed by atoms with Crippen LogP contribution in [-0.2, 0) is 0 Å². The van der Waals surface area contributed by atoms with Crippen LogP contribution in [0.2, 0.25) is 5.02 Å². The Morgan fingerprint density at radius 1 is 1.44 bits per heavy atom. The molecule has 0 saturated heterocycles. The highest BCUT2D eigenvalue weighted by Gasteiger charge is 2.17. The van der Waals surface area contributed by atoms with E-state index in [1.165, 1.54) is 6.07 Å². The topological polar surface area (TPSA) is 12.0 Å². The van der Waals surface area contributed by atoms with E-state index in [-0.39, 0.29) is 16.9 Å². The van der Waals surface area contributed by atoms with Gasteiger partial charge in [0.2, 0.25) is 0 Å². The fourth-order valence-electron chi connectivity index (χ4n) is 1.76. The minimum absolute atomic E-state index is 0.123. The van der Waals surface area contributed by atoms with Gasteiger partial charge in [-0.1, -0.05) is 44.0 Å². The quantitative estimate of drug-likeness (QED) is 0.818. The summed E-state index contributed by atoms with van der Waals surface area (Å²) in [6.45, 7) is 4.35. The Kier molecular flexibility index (Phi) is 5.23. The molecule has 1 nitrogen and oxygen atoms in total. The first-order valence-corrected chi connectivity index (χ1v) is 6.09. The van der Waals surface area contributed by atoms with Gasteiger partial charge in [0.15, 0.2) is 0 Å². The van der Waals surface area contributed by atoms with Crippen LogP contribution in [0.25, 0.3) is 0 Å². The first-order valence-electron chi connectivity index (χ1n) is 5.71. The van der Waals surface area contributed by atoms with Gasteiger partial charge in [-0.25, -0.2) is 4.39 Å². The van der Waals surface area contributed by atoms with E-state index in [0.717, 1.165) is 18.4 Å². The predicted octanol–water partition coefficient (Wildman–Crippen LogP) is 4.18. The lowest BCUT2D eigenvalue weighted by Gasteiger charge is -2.21. The van der Waals surface area contributed by atoms with Gasteiger partial charge in [0.25, 0.3) is 0 Å². The van der Waals surface area contributed by atoms with Crippen molar-refractivity contribution in [3.63, 3.8) is 0 Å². The number of hydrogen-bond acceptors (Lipinski definition) is 1. The molecule has 1 aromatic rings. The van der Waals surface area contributed by atoms with Gasteiger partial charge in [-0.3, -0.25) is 0 Å². The highest BCUT2D eigenvalue weighted by atomic mass is 35.5. The Hall–Kier alpha value is -0.600. The molecule has 0 spiro atoms. The third kappa shape index (κ3) is 3.19. The van der Waals surface area contributed by atoms with E-state index in [1.807, 2.05) is 13.1 Å². The van der Waals surface area contributed by atoms with Crippen molar-refractivity contribution in [2.75, 3.05) is 7.05 Å². The predicted molar refractivity (Wildman–Crippen MR) is 67.3 cm³/mol. The van der Waals surface area contributed by atoms with Crippen LogP contribution in [0.1, 0.15) is 38.3 Å². The summed E-state index contributed by atoms with van der Waals surface area (Å²) >= 11 is 5.98. The Morgan fingerprint density at radius 3 is 2.69 bits per heavy atom. The maximum absolute atomic E-state index is 13.3. The molecule has 1 aromatic carbocycles. The summed E-state index contributed by atoms with van der Waals surface area (Å²) in [4.78, 5) is 0. The van der Waals surface area contributed by atoms with Crippen LogP contribution in [0.15, 0.2) is 18.2 Å². The van der Waals surface area contributed by atoms with Crippen LogP contribution in [0.4, 0.5) is 4.39 Å². The van der Waals surface area contributed by atoms with Crippen molar-refractivity contribution in [3.8, 4) is 0 Å². The lowest BCUT2D eigenvalue weighted by Crippen LogP contribution is -2.19. The minimum atomic E-state index is -0.344. The number of halogens is 2. The molecule has 1 N–H and O–H groups in total. The van der Waals surface area contributed by atoms with Gasteiger partial charge < -0.3 is 5.32 Å². The molecule has 0 aromatic heterocycles. The van der Waals surface area contributed by atoms with Gasteiger partial charge in [0, 0.05) is 6.04 Å². The van der Waals surface area contributed by atoms with Gasteiger partial charge in [-0.15, -0.1) is 0 Å². The third-order valence-corrected chi connectivity index (χ3v) is 3.44. The second-order valence-corrected chi connectivity index (χ2v) is 4.61. The molecule has 0 bridgehead atoms. The van der Waals surface area contributed by atoms with Crippen LogP contribution in [0.3, 0.4) is 0 Å². The van der Waals surface area contributed by atoms with Crippen molar-refractivity contribution in [1.29, 1.82) is 0 Å². The third-order valence-electron chi connectivity index (χ3n) is 3.04. The van der Waals surface area contributed by atoms with E-state index >= 15 is 0 Å². The summed E-state index contributed by atoms with van der Waals surface area (Å²) in [6, 6.07) is 5.10. The van der Waals surface area contributed by atoms with Crippen molar-refractivity contribution in [2.24, 2.45) is 5.92 Å². The molecular weight excluding hydrogens is 225 g/mol.